The molecule has 0 atom stereocenters. The third kappa shape index (κ3) is 2.32. The van der Waals surface area contributed by atoms with Gasteiger partial charge in [0.15, 0.2) is 11.9 Å². The van der Waals surface area contributed by atoms with Crippen LogP contribution >= 0.6 is 11.3 Å². The fraction of sp³-hybridized carbons (Fsp3) is 0.433. The maximum Gasteiger partial charge on any atom is 0.228 e. The number of ether oxygens (including phenoxy) is 1. The Kier molecular flexibility index (Phi) is 3.55. The van der Waals surface area contributed by atoms with Crippen molar-refractivity contribution in [1.29, 1.82) is 0 Å². The molecule has 4 aromatic rings. The van der Waals surface area contributed by atoms with Crippen molar-refractivity contribution in [3.63, 3.8) is 0 Å². The van der Waals surface area contributed by atoms with Crippen LogP contribution in [0.3, 0.4) is 0 Å². The first kappa shape index (κ1) is 19.0. The van der Waals surface area contributed by atoms with Gasteiger partial charge in [0.2, 0.25) is 5.69 Å². The van der Waals surface area contributed by atoms with Gasteiger partial charge in [0.1, 0.15) is 18.2 Å². The minimum atomic E-state index is 0.348. The quantitative estimate of drug-likeness (QED) is 0.237. The molecular weight excluding hydrogens is 422 g/mol. The summed E-state index contributed by atoms with van der Waals surface area (Å²) in [6.07, 6.45) is 10.8. The molecule has 9 rings (SSSR count). The molecular formula is C30H30NOS+. The summed E-state index contributed by atoms with van der Waals surface area (Å²) in [4.78, 5) is 1.57. The number of thiophene rings is 1. The first-order valence-corrected chi connectivity index (χ1v) is 13.5. The van der Waals surface area contributed by atoms with Crippen molar-refractivity contribution in [2.24, 2.45) is 24.8 Å². The normalized spacial score (nSPS) is 29.0. The molecule has 166 valence electrons. The maximum atomic E-state index is 7.08. The SMILES string of the molecule is Cc1c2c(c(C)c3ccccc13)-c1c3c(c(C45CC6CC(CC(C6)C4)C5)sc3cc[n+]1C)O2. The van der Waals surface area contributed by atoms with Crippen molar-refractivity contribution in [2.45, 2.75) is 57.8 Å². The minimum absolute atomic E-state index is 0.348. The second kappa shape index (κ2) is 6.18. The molecule has 4 bridgehead atoms. The Hall–Kier alpha value is -2.39. The Morgan fingerprint density at radius 1 is 0.879 bits per heavy atom. The monoisotopic (exact) mass is 452 g/mol. The van der Waals surface area contributed by atoms with E-state index in [1.807, 2.05) is 11.3 Å². The van der Waals surface area contributed by atoms with Gasteiger partial charge in [-0.3, -0.25) is 0 Å². The predicted octanol–water partition coefficient (Wildman–Crippen LogP) is 7.74. The molecule has 0 radical (unpaired) electrons. The number of fused-ring (bicyclic) bond motifs is 3. The van der Waals surface area contributed by atoms with Crippen LogP contribution in [0, 0.1) is 31.6 Å². The number of hydrogen-bond donors (Lipinski definition) is 0. The summed E-state index contributed by atoms with van der Waals surface area (Å²) in [6, 6.07) is 11.2. The third-order valence-electron chi connectivity index (χ3n) is 9.57. The van der Waals surface area contributed by atoms with Gasteiger partial charge in [0.25, 0.3) is 0 Å². The van der Waals surface area contributed by atoms with Gasteiger partial charge in [-0.05, 0) is 86.5 Å². The fourth-order valence-electron chi connectivity index (χ4n) is 8.61. The number of aryl methyl sites for hydroxylation is 3. The van der Waals surface area contributed by atoms with E-state index in [-0.39, 0.29) is 0 Å². The molecule has 5 aliphatic rings. The minimum Gasteiger partial charge on any atom is -0.454 e. The summed E-state index contributed by atoms with van der Waals surface area (Å²) in [7, 11) is 2.21. The van der Waals surface area contributed by atoms with Gasteiger partial charge in [0, 0.05) is 17.0 Å². The van der Waals surface area contributed by atoms with Gasteiger partial charge in [-0.2, -0.15) is 0 Å². The summed E-state index contributed by atoms with van der Waals surface area (Å²) in [5.41, 5.74) is 5.60. The number of rotatable bonds is 1. The number of aromatic nitrogens is 1. The topological polar surface area (TPSA) is 13.1 Å². The van der Waals surface area contributed by atoms with E-state index >= 15 is 0 Å². The van der Waals surface area contributed by atoms with Crippen LogP contribution in [0.2, 0.25) is 0 Å². The molecule has 4 aliphatic carbocycles. The first-order valence-electron chi connectivity index (χ1n) is 12.7. The highest BCUT2D eigenvalue weighted by atomic mass is 32.1. The Bertz CT molecular complexity index is 1470. The number of benzene rings is 2. The zero-order valence-electron chi connectivity index (χ0n) is 19.7. The Morgan fingerprint density at radius 2 is 1.52 bits per heavy atom. The largest absolute Gasteiger partial charge is 0.454 e. The lowest BCUT2D eigenvalue weighted by Gasteiger charge is -2.56. The van der Waals surface area contributed by atoms with Crippen molar-refractivity contribution >= 4 is 32.2 Å². The second-order valence-corrected chi connectivity index (χ2v) is 12.6. The molecule has 0 spiro atoms. The molecule has 2 nitrogen and oxygen atoms in total. The number of pyridine rings is 1. The van der Waals surface area contributed by atoms with Crippen LogP contribution in [0.4, 0.5) is 0 Å². The van der Waals surface area contributed by atoms with Gasteiger partial charge in [-0.25, -0.2) is 4.57 Å². The number of hydrogen-bond acceptors (Lipinski definition) is 2. The van der Waals surface area contributed by atoms with E-state index in [0.717, 1.165) is 23.5 Å². The summed E-state index contributed by atoms with van der Waals surface area (Å²) in [5, 5.41) is 4.02. The molecule has 33 heavy (non-hydrogen) atoms. The van der Waals surface area contributed by atoms with Gasteiger partial charge < -0.3 is 4.74 Å². The van der Waals surface area contributed by atoms with Gasteiger partial charge >= 0.3 is 0 Å². The van der Waals surface area contributed by atoms with E-state index in [9.17, 15) is 0 Å². The van der Waals surface area contributed by atoms with Crippen LogP contribution in [-0.4, -0.2) is 0 Å². The average Bonchev–Trinajstić information content (AvgIpc) is 3.18. The third-order valence-corrected chi connectivity index (χ3v) is 11.0. The zero-order chi connectivity index (χ0) is 22.1. The maximum absolute atomic E-state index is 7.08. The average molecular weight is 453 g/mol. The van der Waals surface area contributed by atoms with E-state index in [1.54, 1.807) is 4.88 Å². The molecule has 0 saturated heterocycles. The summed E-state index contributed by atoms with van der Waals surface area (Å²) < 4.78 is 10.8. The summed E-state index contributed by atoms with van der Waals surface area (Å²) in [5.74, 6) is 5.11. The van der Waals surface area contributed by atoms with Crippen molar-refractivity contribution in [3.8, 4) is 22.8 Å². The van der Waals surface area contributed by atoms with E-state index < -0.39 is 0 Å². The van der Waals surface area contributed by atoms with Crippen molar-refractivity contribution in [3.05, 3.63) is 52.5 Å². The Balaban J connectivity index is 1.45. The zero-order valence-corrected chi connectivity index (χ0v) is 20.5. The van der Waals surface area contributed by atoms with Crippen LogP contribution in [-0.2, 0) is 12.5 Å². The lowest BCUT2D eigenvalue weighted by Crippen LogP contribution is -2.48. The lowest BCUT2D eigenvalue weighted by molar-refractivity contribution is -0.659. The Labute approximate surface area is 199 Å². The van der Waals surface area contributed by atoms with Gasteiger partial charge in [-0.1, -0.05) is 24.3 Å². The molecule has 4 saturated carbocycles. The molecule has 0 unspecified atom stereocenters. The highest BCUT2D eigenvalue weighted by Crippen LogP contribution is 2.65. The van der Waals surface area contributed by atoms with E-state index in [4.69, 9.17) is 4.74 Å². The van der Waals surface area contributed by atoms with Crippen LogP contribution in [0.1, 0.15) is 54.5 Å². The van der Waals surface area contributed by atoms with Crippen molar-refractivity contribution < 1.29 is 9.30 Å². The molecule has 0 amide bonds. The van der Waals surface area contributed by atoms with E-state index in [0.29, 0.717) is 5.41 Å². The molecule has 3 heterocycles. The molecule has 3 heteroatoms. The molecule has 2 aromatic carbocycles. The van der Waals surface area contributed by atoms with Crippen LogP contribution < -0.4 is 9.30 Å². The molecule has 4 fully saturated rings. The molecule has 0 N–H and O–H groups in total. The highest BCUT2D eigenvalue weighted by molar-refractivity contribution is 7.19. The highest BCUT2D eigenvalue weighted by Gasteiger charge is 2.54. The van der Waals surface area contributed by atoms with Crippen LogP contribution in [0.25, 0.3) is 32.1 Å². The van der Waals surface area contributed by atoms with E-state index in [1.165, 1.54) is 87.5 Å². The lowest BCUT2D eigenvalue weighted by atomic mass is 9.49. The van der Waals surface area contributed by atoms with Crippen molar-refractivity contribution in [2.75, 3.05) is 0 Å². The molecule has 2 aromatic heterocycles. The summed E-state index contributed by atoms with van der Waals surface area (Å²) in [6.45, 7) is 4.53. The second-order valence-electron chi connectivity index (χ2n) is 11.6. The molecule has 1 aliphatic heterocycles. The van der Waals surface area contributed by atoms with E-state index in [2.05, 4.69) is 62.0 Å². The smallest absolute Gasteiger partial charge is 0.228 e. The van der Waals surface area contributed by atoms with Crippen LogP contribution in [0.5, 0.6) is 11.5 Å². The van der Waals surface area contributed by atoms with Gasteiger partial charge in [0.05, 0.1) is 15.1 Å². The van der Waals surface area contributed by atoms with Crippen LogP contribution in [0.15, 0.2) is 36.5 Å². The fourth-order valence-corrected chi connectivity index (χ4v) is 9.95. The summed E-state index contributed by atoms with van der Waals surface area (Å²) >= 11 is 2.05. The van der Waals surface area contributed by atoms with Crippen molar-refractivity contribution in [1.82, 2.24) is 0 Å². The predicted molar refractivity (Wildman–Crippen MR) is 135 cm³/mol. The number of nitrogens with zero attached hydrogens (tertiary/aromatic N) is 1. The first-order chi connectivity index (χ1) is 16.0. The Morgan fingerprint density at radius 3 is 2.18 bits per heavy atom. The van der Waals surface area contributed by atoms with Gasteiger partial charge in [-0.15, -0.1) is 11.3 Å². The standard InChI is InChI=1S/C30H30NOS/c1-16-21-6-4-5-7-22(21)17(2)27-24(16)26-25-23(8-9-31(26)3)33-29(28(25)32-27)30-13-18-10-19(14-30)12-20(11-18)15-30/h4-9,18-20H,10-15H2,1-3H3/q+1.